The van der Waals surface area contributed by atoms with Gasteiger partial charge < -0.3 is 9.64 Å². The molecule has 0 aliphatic carbocycles. The molecular weight excluding hydrogens is 238 g/mol. The largest absolute Gasteiger partial charge is 0.378 e. The smallest absolute Gasteiger partial charge is 0.128 e. The average Bonchev–Trinajstić information content (AvgIpc) is 2.49. The first-order chi connectivity index (χ1) is 9.34. The molecule has 3 rings (SSSR count). The van der Waals surface area contributed by atoms with E-state index in [1.807, 2.05) is 0 Å². The molecule has 0 unspecified atom stereocenters. The Hall–Kier alpha value is -1.42. The quantitative estimate of drug-likeness (QED) is 0.817. The van der Waals surface area contributed by atoms with Crippen molar-refractivity contribution in [3.63, 3.8) is 0 Å². The molecule has 0 saturated carbocycles. The van der Waals surface area contributed by atoms with Crippen LogP contribution in [0.15, 0.2) is 17.1 Å². The van der Waals surface area contributed by atoms with Crippen molar-refractivity contribution >= 4 is 11.5 Å². The minimum Gasteiger partial charge on any atom is -0.378 e. The van der Waals surface area contributed by atoms with Gasteiger partial charge in [-0.05, 0) is 38.3 Å². The van der Waals surface area contributed by atoms with E-state index < -0.39 is 0 Å². The summed E-state index contributed by atoms with van der Waals surface area (Å²) in [5, 5.41) is 0. The molecule has 1 aromatic heterocycles. The topological polar surface area (TPSA) is 37.7 Å². The number of rotatable bonds is 2. The van der Waals surface area contributed by atoms with Crippen LogP contribution in [0.5, 0.6) is 0 Å². The lowest BCUT2D eigenvalue weighted by molar-refractivity contribution is 0.122. The van der Waals surface area contributed by atoms with Crippen LogP contribution in [0.3, 0.4) is 0 Å². The van der Waals surface area contributed by atoms with Crippen molar-refractivity contribution in [2.24, 2.45) is 4.99 Å². The number of pyridine rings is 1. The van der Waals surface area contributed by atoms with E-state index in [1.165, 1.54) is 24.1 Å². The van der Waals surface area contributed by atoms with Crippen molar-refractivity contribution in [1.29, 1.82) is 0 Å². The summed E-state index contributed by atoms with van der Waals surface area (Å²) in [6.07, 6.45) is 3.57. The highest BCUT2D eigenvalue weighted by Gasteiger charge is 2.15. The summed E-state index contributed by atoms with van der Waals surface area (Å²) in [6.45, 7) is 6.54. The predicted molar refractivity (Wildman–Crippen MR) is 77.3 cm³/mol. The Morgan fingerprint density at radius 3 is 2.68 bits per heavy atom. The third kappa shape index (κ3) is 2.78. The first-order valence-corrected chi connectivity index (χ1v) is 7.18. The van der Waals surface area contributed by atoms with Gasteiger partial charge in [-0.2, -0.15) is 0 Å². The summed E-state index contributed by atoms with van der Waals surface area (Å²) >= 11 is 0. The van der Waals surface area contributed by atoms with Crippen LogP contribution in [-0.2, 0) is 4.74 Å². The van der Waals surface area contributed by atoms with E-state index in [2.05, 4.69) is 28.9 Å². The number of aromatic nitrogens is 1. The second kappa shape index (κ2) is 5.70. The van der Waals surface area contributed by atoms with E-state index in [-0.39, 0.29) is 0 Å². The van der Waals surface area contributed by atoms with Gasteiger partial charge in [0.1, 0.15) is 5.82 Å². The third-order valence-corrected chi connectivity index (χ3v) is 3.84. The molecule has 4 nitrogen and oxygen atoms in total. The third-order valence-electron chi connectivity index (χ3n) is 3.84. The van der Waals surface area contributed by atoms with Gasteiger partial charge in [0.15, 0.2) is 0 Å². The van der Waals surface area contributed by atoms with Crippen molar-refractivity contribution in [2.75, 3.05) is 37.7 Å². The number of hydrogen-bond acceptors (Lipinski definition) is 4. The highest BCUT2D eigenvalue weighted by atomic mass is 16.5. The number of aryl methyl sites for hydroxylation is 1. The molecule has 0 radical (unpaired) electrons. The van der Waals surface area contributed by atoms with Gasteiger partial charge in [-0.1, -0.05) is 0 Å². The molecule has 2 aliphatic rings. The van der Waals surface area contributed by atoms with Crippen LogP contribution in [0.1, 0.15) is 30.5 Å². The Bertz CT molecular complexity index is 478. The molecule has 102 valence electrons. The molecule has 1 saturated heterocycles. The Labute approximate surface area is 114 Å². The summed E-state index contributed by atoms with van der Waals surface area (Å²) < 4.78 is 5.38. The fourth-order valence-corrected chi connectivity index (χ4v) is 2.74. The van der Waals surface area contributed by atoms with Crippen molar-refractivity contribution < 1.29 is 4.74 Å². The van der Waals surface area contributed by atoms with Gasteiger partial charge in [-0.3, -0.25) is 4.99 Å². The van der Waals surface area contributed by atoms with Crippen molar-refractivity contribution in [1.82, 2.24) is 4.98 Å². The number of aliphatic imine (C=N–C) groups is 1. The average molecular weight is 259 g/mol. The summed E-state index contributed by atoms with van der Waals surface area (Å²) in [5.74, 6) is 1.07. The molecule has 4 heteroatoms. The second-order valence-electron chi connectivity index (χ2n) is 5.19. The van der Waals surface area contributed by atoms with Gasteiger partial charge in [-0.25, -0.2) is 4.98 Å². The normalized spacial score (nSPS) is 20.3. The van der Waals surface area contributed by atoms with Crippen LogP contribution in [0.4, 0.5) is 5.82 Å². The van der Waals surface area contributed by atoms with E-state index in [4.69, 9.17) is 9.72 Å². The zero-order chi connectivity index (χ0) is 13.1. The van der Waals surface area contributed by atoms with Crippen molar-refractivity contribution in [3.05, 3.63) is 23.4 Å². The Morgan fingerprint density at radius 2 is 2.00 bits per heavy atom. The number of anilines is 1. The highest BCUT2D eigenvalue weighted by Crippen LogP contribution is 2.20. The lowest BCUT2D eigenvalue weighted by Crippen LogP contribution is -2.36. The molecule has 1 fully saturated rings. The minimum absolute atomic E-state index is 0.801. The molecule has 0 aromatic carbocycles. The lowest BCUT2D eigenvalue weighted by Gasteiger charge is -2.28. The van der Waals surface area contributed by atoms with Gasteiger partial charge in [0.2, 0.25) is 0 Å². The molecule has 1 aromatic rings. The van der Waals surface area contributed by atoms with Crippen molar-refractivity contribution in [2.45, 2.75) is 26.2 Å². The van der Waals surface area contributed by atoms with Gasteiger partial charge in [-0.15, -0.1) is 0 Å². The van der Waals surface area contributed by atoms with Crippen LogP contribution in [-0.4, -0.2) is 43.5 Å². The van der Waals surface area contributed by atoms with Gasteiger partial charge >= 0.3 is 0 Å². The van der Waals surface area contributed by atoms with E-state index in [9.17, 15) is 0 Å². The molecule has 0 atom stereocenters. The number of nitrogens with zero attached hydrogens (tertiary/aromatic N) is 3. The molecule has 0 amide bonds. The summed E-state index contributed by atoms with van der Waals surface area (Å²) in [6, 6.07) is 4.32. The van der Waals surface area contributed by atoms with E-state index >= 15 is 0 Å². The highest BCUT2D eigenvalue weighted by molar-refractivity contribution is 6.01. The zero-order valence-corrected chi connectivity index (χ0v) is 11.6. The first kappa shape index (κ1) is 12.6. The molecular formula is C15H21N3O. The number of hydrogen-bond donors (Lipinski definition) is 0. The fraction of sp³-hybridized carbons (Fsp3) is 0.600. The van der Waals surface area contributed by atoms with Gasteiger partial charge in [0, 0.05) is 36.6 Å². The molecule has 0 bridgehead atoms. The maximum absolute atomic E-state index is 5.38. The Morgan fingerprint density at radius 1 is 1.16 bits per heavy atom. The molecule has 3 heterocycles. The monoisotopic (exact) mass is 259 g/mol. The van der Waals surface area contributed by atoms with Gasteiger partial charge in [0.25, 0.3) is 0 Å². The van der Waals surface area contributed by atoms with Crippen LogP contribution >= 0.6 is 0 Å². The van der Waals surface area contributed by atoms with Crippen molar-refractivity contribution in [3.8, 4) is 0 Å². The van der Waals surface area contributed by atoms with Crippen LogP contribution < -0.4 is 4.90 Å². The fourth-order valence-electron chi connectivity index (χ4n) is 2.74. The summed E-state index contributed by atoms with van der Waals surface area (Å²) in [5.41, 5.74) is 3.58. The van der Waals surface area contributed by atoms with E-state index in [1.54, 1.807) is 0 Å². The maximum atomic E-state index is 5.38. The Balaban J connectivity index is 1.82. The number of ether oxygens (including phenoxy) is 1. The van der Waals surface area contributed by atoms with Crippen LogP contribution in [0.25, 0.3) is 0 Å². The molecule has 19 heavy (non-hydrogen) atoms. The van der Waals surface area contributed by atoms with E-state index in [0.717, 1.165) is 50.8 Å². The summed E-state index contributed by atoms with van der Waals surface area (Å²) in [7, 11) is 0. The molecule has 0 spiro atoms. The summed E-state index contributed by atoms with van der Waals surface area (Å²) in [4.78, 5) is 11.7. The standard InChI is InChI=1S/C15H21N3O/c1-12-13(14-4-2-3-7-16-14)5-6-15(17-12)18-8-10-19-11-9-18/h5-6H,2-4,7-11H2,1H3. The minimum atomic E-state index is 0.801. The maximum Gasteiger partial charge on any atom is 0.128 e. The zero-order valence-electron chi connectivity index (χ0n) is 11.6. The van der Waals surface area contributed by atoms with Crippen LogP contribution in [0.2, 0.25) is 0 Å². The second-order valence-corrected chi connectivity index (χ2v) is 5.19. The first-order valence-electron chi connectivity index (χ1n) is 7.18. The molecule has 2 aliphatic heterocycles. The SMILES string of the molecule is Cc1nc(N2CCOCC2)ccc1C1=NCCCC1. The van der Waals surface area contributed by atoms with E-state index in [0.29, 0.717) is 0 Å². The van der Waals surface area contributed by atoms with Crippen LogP contribution in [0, 0.1) is 6.92 Å². The van der Waals surface area contributed by atoms with Gasteiger partial charge in [0.05, 0.1) is 13.2 Å². The Kier molecular flexibility index (Phi) is 3.78. The predicted octanol–water partition coefficient (Wildman–Crippen LogP) is 2.20. The lowest BCUT2D eigenvalue weighted by atomic mass is 10.0. The number of morpholine rings is 1. The molecule has 0 N–H and O–H groups in total.